The molecule has 0 aromatic heterocycles. The third kappa shape index (κ3) is 3.41. The van der Waals surface area contributed by atoms with Gasteiger partial charge in [-0.3, -0.25) is 9.59 Å². The normalized spacial score (nSPS) is 12.5. The van der Waals surface area contributed by atoms with E-state index in [1.165, 1.54) is 13.8 Å². The summed E-state index contributed by atoms with van der Waals surface area (Å²) in [4.78, 5) is 23.7. The lowest BCUT2D eigenvalue weighted by Crippen LogP contribution is -2.08. The van der Waals surface area contributed by atoms with E-state index in [4.69, 9.17) is 9.47 Å². The maximum absolute atomic E-state index is 11.9. The Morgan fingerprint density at radius 1 is 0.679 bits per heavy atom. The zero-order valence-corrected chi connectivity index (χ0v) is 15.8. The summed E-state index contributed by atoms with van der Waals surface area (Å²) in [6.07, 6.45) is 0. The summed E-state index contributed by atoms with van der Waals surface area (Å²) in [5.41, 5.74) is 4.88. The number of benzene rings is 3. The molecule has 0 saturated carbocycles. The minimum absolute atomic E-state index is 0.0210. The zero-order chi connectivity index (χ0) is 19.7. The molecular weight excluding hydrogens is 352 g/mol. The van der Waals surface area contributed by atoms with Gasteiger partial charge in [0.05, 0.1) is 0 Å². The Bertz CT molecular complexity index is 995. The van der Waals surface area contributed by atoms with Gasteiger partial charge in [-0.25, -0.2) is 0 Å². The van der Waals surface area contributed by atoms with Gasteiger partial charge in [0.15, 0.2) is 11.6 Å². The Hall–Kier alpha value is -3.40. The van der Waals surface area contributed by atoms with E-state index < -0.39 is 0 Å². The first kappa shape index (κ1) is 18.0. The standard InChI is InChI=1S/C24H20O4/c1-15(25)17-7-9-21-22-10-8-18(16(2)26)12-24(22)28-14-20-6-4-3-5-19(20)13-27-23(21)11-17/h3-12H,13-14H2,1-2H3. The van der Waals surface area contributed by atoms with Crippen LogP contribution in [0.4, 0.5) is 0 Å². The highest BCUT2D eigenvalue weighted by Crippen LogP contribution is 2.39. The highest BCUT2D eigenvalue weighted by atomic mass is 16.5. The van der Waals surface area contributed by atoms with Gasteiger partial charge in [-0.2, -0.15) is 0 Å². The zero-order valence-electron chi connectivity index (χ0n) is 15.8. The second-order valence-electron chi connectivity index (χ2n) is 6.88. The van der Waals surface area contributed by atoms with Gasteiger partial charge >= 0.3 is 0 Å². The summed E-state index contributed by atoms with van der Waals surface area (Å²) in [7, 11) is 0. The summed E-state index contributed by atoms with van der Waals surface area (Å²) in [6.45, 7) is 3.84. The largest absolute Gasteiger partial charge is 0.488 e. The molecule has 4 nitrogen and oxygen atoms in total. The van der Waals surface area contributed by atoms with Crippen LogP contribution in [0.2, 0.25) is 0 Å². The number of fused-ring (bicyclic) bond motifs is 4. The fourth-order valence-corrected chi connectivity index (χ4v) is 3.32. The van der Waals surface area contributed by atoms with E-state index in [-0.39, 0.29) is 11.6 Å². The van der Waals surface area contributed by atoms with Crippen LogP contribution in [-0.4, -0.2) is 11.6 Å². The molecule has 0 unspecified atom stereocenters. The molecule has 0 saturated heterocycles. The van der Waals surface area contributed by atoms with Gasteiger partial charge in [-0.15, -0.1) is 0 Å². The fourth-order valence-electron chi connectivity index (χ4n) is 3.32. The van der Waals surface area contributed by atoms with Crippen molar-refractivity contribution in [1.82, 2.24) is 0 Å². The topological polar surface area (TPSA) is 52.6 Å². The fraction of sp³-hybridized carbons (Fsp3) is 0.167. The highest BCUT2D eigenvalue weighted by molar-refractivity contribution is 5.97. The Labute approximate surface area is 163 Å². The first-order valence-electron chi connectivity index (χ1n) is 9.15. The lowest BCUT2D eigenvalue weighted by molar-refractivity contribution is 0.100. The summed E-state index contributed by atoms with van der Waals surface area (Å²) >= 11 is 0. The molecule has 0 fully saturated rings. The predicted molar refractivity (Wildman–Crippen MR) is 107 cm³/mol. The molecule has 0 radical (unpaired) electrons. The lowest BCUT2D eigenvalue weighted by Gasteiger charge is -2.20. The summed E-state index contributed by atoms with van der Waals surface area (Å²) in [5, 5.41) is 0. The van der Waals surface area contributed by atoms with Crippen LogP contribution in [0, 0.1) is 0 Å². The molecule has 1 aliphatic rings. The van der Waals surface area contributed by atoms with Gasteiger partial charge in [0.2, 0.25) is 0 Å². The Kier molecular flexibility index (Phi) is 4.70. The average molecular weight is 372 g/mol. The van der Waals surface area contributed by atoms with Crippen molar-refractivity contribution in [3.8, 4) is 22.6 Å². The van der Waals surface area contributed by atoms with Gasteiger partial charge in [0.25, 0.3) is 0 Å². The Balaban J connectivity index is 1.91. The molecule has 1 heterocycles. The van der Waals surface area contributed by atoms with Crippen LogP contribution in [0.3, 0.4) is 0 Å². The van der Waals surface area contributed by atoms with Gasteiger partial charge in [-0.05, 0) is 49.2 Å². The number of hydrogen-bond acceptors (Lipinski definition) is 4. The summed E-state index contributed by atoms with van der Waals surface area (Å²) in [5.74, 6) is 1.19. The molecule has 4 heteroatoms. The quantitative estimate of drug-likeness (QED) is 0.578. The van der Waals surface area contributed by atoms with E-state index in [1.807, 2.05) is 36.4 Å². The Morgan fingerprint density at radius 3 is 1.50 bits per heavy atom. The molecular formula is C24H20O4. The Morgan fingerprint density at radius 2 is 1.11 bits per heavy atom. The van der Waals surface area contributed by atoms with Crippen LogP contribution in [0.1, 0.15) is 45.7 Å². The van der Waals surface area contributed by atoms with E-state index >= 15 is 0 Å². The minimum atomic E-state index is -0.0210. The molecule has 28 heavy (non-hydrogen) atoms. The molecule has 3 aromatic rings. The van der Waals surface area contributed by atoms with Crippen molar-refractivity contribution in [2.75, 3.05) is 0 Å². The monoisotopic (exact) mass is 372 g/mol. The highest BCUT2D eigenvalue weighted by Gasteiger charge is 2.18. The molecule has 140 valence electrons. The van der Waals surface area contributed by atoms with Crippen molar-refractivity contribution in [2.24, 2.45) is 0 Å². The first-order valence-corrected chi connectivity index (χ1v) is 9.15. The number of hydrogen-bond donors (Lipinski definition) is 0. The third-order valence-electron chi connectivity index (χ3n) is 4.95. The van der Waals surface area contributed by atoms with E-state index in [1.54, 1.807) is 24.3 Å². The third-order valence-corrected chi connectivity index (χ3v) is 4.95. The number of ether oxygens (including phenoxy) is 2. The number of rotatable bonds is 2. The molecule has 0 N–H and O–H groups in total. The molecule has 0 amide bonds. The van der Waals surface area contributed by atoms with Gasteiger partial charge in [-0.1, -0.05) is 36.4 Å². The minimum Gasteiger partial charge on any atom is -0.488 e. The number of carbonyl (C=O) groups excluding carboxylic acids is 2. The van der Waals surface area contributed by atoms with E-state index in [0.29, 0.717) is 35.8 Å². The SMILES string of the molecule is CC(=O)c1ccc2c(c1)OCc1ccccc1COc1cc(C(C)=O)ccc1-2. The number of ketones is 2. The average Bonchev–Trinajstić information content (AvgIpc) is 2.70. The second-order valence-corrected chi connectivity index (χ2v) is 6.88. The predicted octanol–water partition coefficient (Wildman–Crippen LogP) is 5.23. The van der Waals surface area contributed by atoms with E-state index in [0.717, 1.165) is 22.3 Å². The van der Waals surface area contributed by atoms with Crippen LogP contribution in [0.5, 0.6) is 11.5 Å². The smallest absolute Gasteiger partial charge is 0.159 e. The first-order chi connectivity index (χ1) is 13.5. The van der Waals surface area contributed by atoms with Crippen molar-refractivity contribution >= 4 is 11.6 Å². The van der Waals surface area contributed by atoms with Crippen molar-refractivity contribution < 1.29 is 19.1 Å². The summed E-state index contributed by atoms with van der Waals surface area (Å²) in [6, 6.07) is 18.8. The van der Waals surface area contributed by atoms with Crippen LogP contribution >= 0.6 is 0 Å². The van der Waals surface area contributed by atoms with Crippen molar-refractivity contribution in [3.05, 3.63) is 82.9 Å². The molecule has 0 aliphatic carbocycles. The molecule has 0 atom stereocenters. The molecule has 3 aromatic carbocycles. The van der Waals surface area contributed by atoms with Crippen LogP contribution in [-0.2, 0) is 13.2 Å². The van der Waals surface area contributed by atoms with Gasteiger partial charge in [0, 0.05) is 22.3 Å². The molecule has 0 bridgehead atoms. The maximum Gasteiger partial charge on any atom is 0.159 e. The van der Waals surface area contributed by atoms with Crippen molar-refractivity contribution in [3.63, 3.8) is 0 Å². The maximum atomic E-state index is 11.9. The summed E-state index contributed by atoms with van der Waals surface area (Å²) < 4.78 is 12.3. The number of Topliss-reactive ketones (excluding diaryl/α,β-unsaturated/α-hetero) is 2. The van der Waals surface area contributed by atoms with Crippen LogP contribution in [0.25, 0.3) is 11.1 Å². The molecule has 4 rings (SSSR count). The van der Waals surface area contributed by atoms with E-state index in [9.17, 15) is 9.59 Å². The van der Waals surface area contributed by atoms with Gasteiger partial charge in [0.1, 0.15) is 24.7 Å². The van der Waals surface area contributed by atoms with Crippen molar-refractivity contribution in [1.29, 1.82) is 0 Å². The van der Waals surface area contributed by atoms with Crippen LogP contribution < -0.4 is 9.47 Å². The van der Waals surface area contributed by atoms with E-state index in [2.05, 4.69) is 0 Å². The number of carbonyl (C=O) groups is 2. The van der Waals surface area contributed by atoms with Crippen molar-refractivity contribution in [2.45, 2.75) is 27.1 Å². The van der Waals surface area contributed by atoms with Gasteiger partial charge < -0.3 is 9.47 Å². The molecule has 0 spiro atoms. The van der Waals surface area contributed by atoms with Crippen LogP contribution in [0.15, 0.2) is 60.7 Å². The lowest BCUT2D eigenvalue weighted by atomic mass is 9.98. The molecule has 1 aliphatic heterocycles. The second kappa shape index (κ2) is 7.31.